The summed E-state index contributed by atoms with van der Waals surface area (Å²) in [5.74, 6) is -0.798. The standard InChI is InChI=1S/C11H9BrF2N4/c1-15-11-16-5-9(14)10(18-11)17-6-2-3-7(12)8(13)4-6/h2-5H,1H3,(H2,15,16,17,18). The Balaban J connectivity index is 2.30. The van der Waals surface area contributed by atoms with E-state index < -0.39 is 11.6 Å². The van der Waals surface area contributed by atoms with Gasteiger partial charge in [-0.3, -0.25) is 0 Å². The number of nitrogens with zero attached hydrogens (tertiary/aromatic N) is 2. The Labute approximate surface area is 111 Å². The van der Waals surface area contributed by atoms with E-state index in [1.165, 1.54) is 12.1 Å². The molecule has 0 saturated carbocycles. The average Bonchev–Trinajstić information content (AvgIpc) is 2.36. The van der Waals surface area contributed by atoms with Crippen LogP contribution in [-0.4, -0.2) is 17.0 Å². The topological polar surface area (TPSA) is 49.8 Å². The number of nitrogens with one attached hydrogen (secondary N) is 2. The summed E-state index contributed by atoms with van der Waals surface area (Å²) in [5, 5.41) is 5.38. The first kappa shape index (κ1) is 12.7. The van der Waals surface area contributed by atoms with Crippen molar-refractivity contribution in [2.75, 3.05) is 17.7 Å². The first-order valence-corrected chi connectivity index (χ1v) is 5.82. The Kier molecular flexibility index (Phi) is 3.71. The van der Waals surface area contributed by atoms with Gasteiger partial charge in [0.2, 0.25) is 5.95 Å². The third-order valence-electron chi connectivity index (χ3n) is 2.15. The molecule has 7 heteroatoms. The van der Waals surface area contributed by atoms with Crippen molar-refractivity contribution in [2.24, 2.45) is 0 Å². The highest BCUT2D eigenvalue weighted by molar-refractivity contribution is 9.10. The molecule has 0 spiro atoms. The molecular weight excluding hydrogens is 306 g/mol. The minimum atomic E-state index is -0.614. The van der Waals surface area contributed by atoms with Crippen LogP contribution in [0.4, 0.5) is 26.2 Å². The van der Waals surface area contributed by atoms with Crippen molar-refractivity contribution in [3.8, 4) is 0 Å². The second kappa shape index (κ2) is 5.26. The molecule has 1 heterocycles. The van der Waals surface area contributed by atoms with E-state index in [4.69, 9.17) is 0 Å². The number of aromatic nitrogens is 2. The molecule has 18 heavy (non-hydrogen) atoms. The van der Waals surface area contributed by atoms with E-state index in [0.29, 0.717) is 10.2 Å². The van der Waals surface area contributed by atoms with Crippen molar-refractivity contribution in [2.45, 2.75) is 0 Å². The van der Waals surface area contributed by atoms with Gasteiger partial charge in [-0.05, 0) is 34.1 Å². The maximum absolute atomic E-state index is 13.5. The van der Waals surface area contributed by atoms with Crippen molar-refractivity contribution in [1.29, 1.82) is 0 Å². The van der Waals surface area contributed by atoms with Gasteiger partial charge in [0, 0.05) is 12.7 Å². The average molecular weight is 315 g/mol. The van der Waals surface area contributed by atoms with E-state index in [9.17, 15) is 8.78 Å². The SMILES string of the molecule is CNc1ncc(F)c(Nc2ccc(Br)c(F)c2)n1. The van der Waals surface area contributed by atoms with E-state index in [2.05, 4.69) is 36.5 Å². The van der Waals surface area contributed by atoms with E-state index >= 15 is 0 Å². The molecule has 0 amide bonds. The minimum absolute atomic E-state index is 0.0175. The summed E-state index contributed by atoms with van der Waals surface area (Å²) in [6.07, 6.45) is 1.04. The predicted molar refractivity (Wildman–Crippen MR) is 68.9 cm³/mol. The maximum atomic E-state index is 13.5. The lowest BCUT2D eigenvalue weighted by Crippen LogP contribution is -2.03. The monoisotopic (exact) mass is 314 g/mol. The third-order valence-corrected chi connectivity index (χ3v) is 2.79. The Hall–Kier alpha value is -1.76. The smallest absolute Gasteiger partial charge is 0.224 e. The van der Waals surface area contributed by atoms with Crippen LogP contribution in [0.2, 0.25) is 0 Å². The molecule has 1 aromatic heterocycles. The predicted octanol–water partition coefficient (Wildman–Crippen LogP) is 3.30. The quantitative estimate of drug-likeness (QED) is 0.912. The van der Waals surface area contributed by atoms with Gasteiger partial charge in [-0.1, -0.05) is 0 Å². The second-order valence-corrected chi connectivity index (χ2v) is 4.25. The number of hydrogen-bond acceptors (Lipinski definition) is 4. The molecule has 0 atom stereocenters. The van der Waals surface area contributed by atoms with Crippen LogP contribution < -0.4 is 10.6 Å². The van der Waals surface area contributed by atoms with Gasteiger partial charge in [0.15, 0.2) is 11.6 Å². The Morgan fingerprint density at radius 1 is 1.22 bits per heavy atom. The molecule has 2 rings (SSSR count). The first-order chi connectivity index (χ1) is 8.60. The molecule has 4 nitrogen and oxygen atoms in total. The van der Waals surface area contributed by atoms with Gasteiger partial charge in [0.05, 0.1) is 10.7 Å². The summed E-state index contributed by atoms with van der Waals surface area (Å²) >= 11 is 3.04. The molecule has 1 aromatic carbocycles. The highest BCUT2D eigenvalue weighted by Gasteiger charge is 2.08. The fourth-order valence-corrected chi connectivity index (χ4v) is 1.53. The Morgan fingerprint density at radius 3 is 2.67 bits per heavy atom. The highest BCUT2D eigenvalue weighted by atomic mass is 79.9. The zero-order chi connectivity index (χ0) is 13.1. The lowest BCUT2D eigenvalue weighted by molar-refractivity contribution is 0.617. The number of benzene rings is 1. The van der Waals surface area contributed by atoms with Crippen LogP contribution in [0.1, 0.15) is 0 Å². The normalized spacial score (nSPS) is 10.2. The van der Waals surface area contributed by atoms with Gasteiger partial charge in [-0.2, -0.15) is 4.98 Å². The minimum Gasteiger partial charge on any atom is -0.357 e. The Morgan fingerprint density at radius 2 is 2.00 bits per heavy atom. The van der Waals surface area contributed by atoms with E-state index in [-0.39, 0.29) is 11.8 Å². The van der Waals surface area contributed by atoms with Crippen LogP contribution in [-0.2, 0) is 0 Å². The maximum Gasteiger partial charge on any atom is 0.224 e. The lowest BCUT2D eigenvalue weighted by Gasteiger charge is -2.08. The molecule has 0 unspecified atom stereocenters. The second-order valence-electron chi connectivity index (χ2n) is 3.39. The van der Waals surface area contributed by atoms with E-state index in [0.717, 1.165) is 6.20 Å². The molecule has 0 fully saturated rings. The summed E-state index contributed by atoms with van der Waals surface area (Å²) in [4.78, 5) is 7.61. The molecule has 0 aliphatic carbocycles. The summed E-state index contributed by atoms with van der Waals surface area (Å²) in [6.45, 7) is 0. The molecule has 0 aliphatic rings. The van der Waals surface area contributed by atoms with Gasteiger partial charge in [0.1, 0.15) is 5.82 Å². The van der Waals surface area contributed by atoms with Crippen LogP contribution in [0.3, 0.4) is 0 Å². The molecule has 2 N–H and O–H groups in total. The Bertz CT molecular complexity index is 577. The molecule has 94 valence electrons. The van der Waals surface area contributed by atoms with E-state index in [1.54, 1.807) is 13.1 Å². The highest BCUT2D eigenvalue weighted by Crippen LogP contribution is 2.23. The molecular formula is C11H9BrF2N4. The first-order valence-electron chi connectivity index (χ1n) is 5.02. The molecule has 0 radical (unpaired) electrons. The summed E-state index contributed by atoms with van der Waals surface area (Å²) in [6, 6.07) is 4.37. The molecule has 0 bridgehead atoms. The van der Waals surface area contributed by atoms with Crippen molar-refractivity contribution in [3.63, 3.8) is 0 Å². The van der Waals surface area contributed by atoms with Crippen molar-refractivity contribution in [1.82, 2.24) is 9.97 Å². The van der Waals surface area contributed by atoms with Gasteiger partial charge in [-0.25, -0.2) is 13.8 Å². The van der Waals surface area contributed by atoms with Crippen molar-refractivity contribution >= 4 is 33.4 Å². The largest absolute Gasteiger partial charge is 0.357 e. The summed E-state index contributed by atoms with van der Waals surface area (Å²) < 4.78 is 27.1. The van der Waals surface area contributed by atoms with Gasteiger partial charge < -0.3 is 10.6 Å². The van der Waals surface area contributed by atoms with Crippen LogP contribution in [0.15, 0.2) is 28.9 Å². The van der Waals surface area contributed by atoms with Crippen molar-refractivity contribution in [3.05, 3.63) is 40.5 Å². The molecule has 0 saturated heterocycles. The van der Waals surface area contributed by atoms with Crippen LogP contribution >= 0.6 is 15.9 Å². The summed E-state index contributed by atoms with van der Waals surface area (Å²) in [7, 11) is 1.62. The zero-order valence-electron chi connectivity index (χ0n) is 9.34. The summed E-state index contributed by atoms with van der Waals surface area (Å²) in [5.41, 5.74) is 0.398. The number of hydrogen-bond donors (Lipinski definition) is 2. The molecule has 0 aliphatic heterocycles. The zero-order valence-corrected chi connectivity index (χ0v) is 10.9. The number of halogens is 3. The lowest BCUT2D eigenvalue weighted by atomic mass is 10.3. The third kappa shape index (κ3) is 2.73. The van der Waals surface area contributed by atoms with E-state index in [1.807, 2.05) is 0 Å². The van der Waals surface area contributed by atoms with Crippen LogP contribution in [0.5, 0.6) is 0 Å². The fourth-order valence-electron chi connectivity index (χ4n) is 1.29. The fraction of sp³-hybridized carbons (Fsp3) is 0.0909. The van der Waals surface area contributed by atoms with Gasteiger partial charge in [0.25, 0.3) is 0 Å². The number of rotatable bonds is 3. The molecule has 2 aromatic rings. The van der Waals surface area contributed by atoms with Gasteiger partial charge in [-0.15, -0.1) is 0 Å². The van der Waals surface area contributed by atoms with Crippen LogP contribution in [0.25, 0.3) is 0 Å². The van der Waals surface area contributed by atoms with Gasteiger partial charge >= 0.3 is 0 Å². The van der Waals surface area contributed by atoms with Crippen molar-refractivity contribution < 1.29 is 8.78 Å². The van der Waals surface area contributed by atoms with Crippen LogP contribution in [0, 0.1) is 11.6 Å². The number of anilines is 3.